The molecule has 1 heterocycles. The average Bonchev–Trinajstić information content (AvgIpc) is 2.68. The Morgan fingerprint density at radius 2 is 1.80 bits per heavy atom. The van der Waals surface area contributed by atoms with Crippen LogP contribution in [0.2, 0.25) is 0 Å². The second-order valence-electron chi connectivity index (χ2n) is 6.68. The van der Waals surface area contributed by atoms with Crippen LogP contribution in [-0.2, 0) is 26.3 Å². The van der Waals surface area contributed by atoms with Gasteiger partial charge in [-0.15, -0.1) is 0 Å². The molecule has 0 fully saturated rings. The number of allylic oxidation sites excluding steroid dienone is 1. The van der Waals surface area contributed by atoms with Crippen LogP contribution in [0.15, 0.2) is 57.8 Å². The van der Waals surface area contributed by atoms with E-state index in [9.17, 15) is 22.8 Å². The van der Waals surface area contributed by atoms with Gasteiger partial charge in [-0.3, -0.25) is 0 Å². The first-order valence-electron chi connectivity index (χ1n) is 9.27. The highest BCUT2D eigenvalue weighted by atomic mass is 19.4. The predicted molar refractivity (Wildman–Crippen MR) is 105 cm³/mol. The molecule has 162 valence electrons. The van der Waals surface area contributed by atoms with Gasteiger partial charge in [0.1, 0.15) is 11.9 Å². The monoisotopic (exact) mass is 424 g/mol. The molecule has 0 bridgehead atoms. The maximum Gasteiger partial charge on any atom is 0.432 e. The Labute approximate surface area is 172 Å². The molecule has 0 N–H and O–H groups in total. The molecule has 0 spiro atoms. The Hall–Kier alpha value is -2.87. The van der Waals surface area contributed by atoms with Crippen LogP contribution >= 0.6 is 0 Å². The molecule has 30 heavy (non-hydrogen) atoms. The van der Waals surface area contributed by atoms with E-state index in [0.29, 0.717) is 17.6 Å². The molecule has 0 aliphatic rings. The van der Waals surface area contributed by atoms with Gasteiger partial charge < -0.3 is 13.9 Å². The fourth-order valence-corrected chi connectivity index (χ4v) is 3.02. The molecule has 0 aliphatic carbocycles. The van der Waals surface area contributed by atoms with Gasteiger partial charge in [0.05, 0.1) is 0 Å². The molecule has 2 aromatic rings. The number of carbonyl (C=O) groups is 1. The van der Waals surface area contributed by atoms with Crippen molar-refractivity contribution in [2.45, 2.75) is 45.1 Å². The molecule has 2 atom stereocenters. The van der Waals surface area contributed by atoms with E-state index < -0.39 is 29.5 Å². The average molecular weight is 424 g/mol. The molecular weight excluding hydrogens is 401 g/mol. The van der Waals surface area contributed by atoms with E-state index in [1.54, 1.807) is 19.1 Å². The maximum absolute atomic E-state index is 13.9. The molecular formula is C22H23F3O5. The van der Waals surface area contributed by atoms with Crippen molar-refractivity contribution in [1.82, 2.24) is 0 Å². The zero-order valence-electron chi connectivity index (χ0n) is 17.1. The first kappa shape index (κ1) is 23.4. The number of methoxy groups -OCH3 is 1. The van der Waals surface area contributed by atoms with Gasteiger partial charge >= 0.3 is 17.8 Å². The molecule has 0 amide bonds. The van der Waals surface area contributed by atoms with E-state index in [2.05, 4.69) is 0 Å². The summed E-state index contributed by atoms with van der Waals surface area (Å²) in [6, 6.07) is 9.76. The highest BCUT2D eigenvalue weighted by Gasteiger charge is 2.64. The van der Waals surface area contributed by atoms with Gasteiger partial charge in [0, 0.05) is 18.2 Å². The fourth-order valence-electron chi connectivity index (χ4n) is 3.02. The minimum absolute atomic E-state index is 0.233. The number of hydrogen-bond acceptors (Lipinski definition) is 5. The highest BCUT2D eigenvalue weighted by molar-refractivity contribution is 5.83. The first-order valence-corrected chi connectivity index (χ1v) is 9.27. The number of aryl methyl sites for hydroxylation is 1. The quantitative estimate of drug-likeness (QED) is 0.606. The number of rotatable bonds is 7. The van der Waals surface area contributed by atoms with Crippen molar-refractivity contribution in [1.29, 1.82) is 0 Å². The van der Waals surface area contributed by atoms with Gasteiger partial charge in [-0.05, 0) is 44.1 Å². The summed E-state index contributed by atoms with van der Waals surface area (Å²) in [5.41, 5.74) is -3.21. The highest BCUT2D eigenvalue weighted by Crippen LogP contribution is 2.43. The van der Waals surface area contributed by atoms with E-state index in [1.807, 2.05) is 6.92 Å². The molecule has 0 saturated heterocycles. The SMILES string of the molecule is CCc1ccc(/C(C)=C/[C@H](C)OC(=O)[C@@](OC)(c2ccccc2)C(F)(F)F)oc1=O. The third-order valence-corrected chi connectivity index (χ3v) is 4.62. The number of esters is 1. The van der Waals surface area contributed by atoms with Crippen molar-refractivity contribution in [2.75, 3.05) is 7.11 Å². The molecule has 0 aliphatic heterocycles. The van der Waals surface area contributed by atoms with E-state index in [4.69, 9.17) is 13.9 Å². The van der Waals surface area contributed by atoms with Crippen molar-refractivity contribution >= 4 is 11.5 Å². The summed E-state index contributed by atoms with van der Waals surface area (Å²) in [5, 5.41) is 0. The van der Waals surface area contributed by atoms with Crippen LogP contribution in [0.25, 0.3) is 5.57 Å². The number of ether oxygens (including phenoxy) is 2. The van der Waals surface area contributed by atoms with Gasteiger partial charge in [0.15, 0.2) is 0 Å². The van der Waals surface area contributed by atoms with Crippen molar-refractivity contribution in [3.05, 3.63) is 75.8 Å². The van der Waals surface area contributed by atoms with Crippen molar-refractivity contribution < 1.29 is 31.9 Å². The Balaban J connectivity index is 2.32. The summed E-state index contributed by atoms with van der Waals surface area (Å²) in [6.45, 7) is 4.81. The molecule has 0 radical (unpaired) electrons. The Bertz CT molecular complexity index is 963. The van der Waals surface area contributed by atoms with Crippen LogP contribution in [0, 0.1) is 0 Å². The number of hydrogen-bond donors (Lipinski definition) is 0. The lowest BCUT2D eigenvalue weighted by Gasteiger charge is -2.33. The van der Waals surface area contributed by atoms with E-state index in [1.165, 1.54) is 31.2 Å². The smallest absolute Gasteiger partial charge is 0.432 e. The molecule has 1 aromatic heterocycles. The van der Waals surface area contributed by atoms with Gasteiger partial charge in [-0.25, -0.2) is 9.59 Å². The minimum Gasteiger partial charge on any atom is -0.456 e. The van der Waals surface area contributed by atoms with Gasteiger partial charge in [-0.2, -0.15) is 13.2 Å². The summed E-state index contributed by atoms with van der Waals surface area (Å²) in [5.74, 6) is -1.36. The lowest BCUT2D eigenvalue weighted by molar-refractivity contribution is -0.277. The topological polar surface area (TPSA) is 65.7 Å². The third-order valence-electron chi connectivity index (χ3n) is 4.62. The largest absolute Gasteiger partial charge is 0.456 e. The van der Waals surface area contributed by atoms with Gasteiger partial charge in [0.25, 0.3) is 5.60 Å². The van der Waals surface area contributed by atoms with Crippen LogP contribution in [0.4, 0.5) is 13.2 Å². The van der Waals surface area contributed by atoms with Crippen molar-refractivity contribution in [3.8, 4) is 0 Å². The number of alkyl halides is 3. The van der Waals surface area contributed by atoms with Gasteiger partial charge in [-0.1, -0.05) is 37.3 Å². The Morgan fingerprint density at radius 3 is 2.30 bits per heavy atom. The molecule has 5 nitrogen and oxygen atoms in total. The lowest BCUT2D eigenvalue weighted by atomic mass is 9.92. The van der Waals surface area contributed by atoms with Crippen LogP contribution in [0.5, 0.6) is 0 Å². The fraction of sp³-hybridized carbons (Fsp3) is 0.364. The van der Waals surface area contributed by atoms with E-state index in [-0.39, 0.29) is 11.3 Å². The first-order chi connectivity index (χ1) is 14.1. The lowest BCUT2D eigenvalue weighted by Crippen LogP contribution is -2.52. The Kier molecular flexibility index (Phi) is 7.25. The van der Waals surface area contributed by atoms with Crippen LogP contribution in [0.3, 0.4) is 0 Å². The van der Waals surface area contributed by atoms with Crippen LogP contribution < -0.4 is 5.63 Å². The Morgan fingerprint density at radius 1 is 1.17 bits per heavy atom. The van der Waals surface area contributed by atoms with Crippen molar-refractivity contribution in [3.63, 3.8) is 0 Å². The molecule has 1 aromatic carbocycles. The van der Waals surface area contributed by atoms with Crippen LogP contribution in [0.1, 0.15) is 37.7 Å². The predicted octanol–water partition coefficient (Wildman–Crippen LogP) is 4.64. The summed E-state index contributed by atoms with van der Waals surface area (Å²) < 4.78 is 56.7. The summed E-state index contributed by atoms with van der Waals surface area (Å²) >= 11 is 0. The number of halogens is 3. The number of carbonyl (C=O) groups excluding carboxylic acids is 1. The normalized spacial score (nSPS) is 15.4. The molecule has 0 unspecified atom stereocenters. The number of benzene rings is 1. The standard InChI is InChI=1S/C22H23F3O5/c1-5-16-11-12-18(30-19(16)26)14(2)13-15(3)29-20(27)21(28-4,22(23,24)25)17-9-7-6-8-10-17/h6-13,15H,5H2,1-4H3/b14-13+/t15-,21-/m0/s1. The summed E-state index contributed by atoms with van der Waals surface area (Å²) in [4.78, 5) is 24.5. The molecule has 2 rings (SSSR count). The maximum atomic E-state index is 13.9. The molecule has 0 saturated carbocycles. The van der Waals surface area contributed by atoms with Crippen molar-refractivity contribution in [2.24, 2.45) is 0 Å². The van der Waals surface area contributed by atoms with Crippen LogP contribution in [-0.4, -0.2) is 25.4 Å². The molecule has 8 heteroatoms. The zero-order chi connectivity index (χ0) is 22.5. The second kappa shape index (κ2) is 9.30. The van der Waals surface area contributed by atoms with Gasteiger partial charge in [0.2, 0.25) is 0 Å². The summed E-state index contributed by atoms with van der Waals surface area (Å²) in [6.07, 6.45) is -4.20. The third kappa shape index (κ3) is 4.64. The second-order valence-corrected chi connectivity index (χ2v) is 6.68. The van der Waals surface area contributed by atoms with E-state index in [0.717, 1.165) is 19.2 Å². The minimum atomic E-state index is -5.05. The van der Waals surface area contributed by atoms with E-state index >= 15 is 0 Å². The summed E-state index contributed by atoms with van der Waals surface area (Å²) in [7, 11) is 0.803. The zero-order valence-corrected chi connectivity index (χ0v) is 17.1.